The van der Waals surface area contributed by atoms with Crippen molar-refractivity contribution in [1.29, 1.82) is 0 Å². The highest BCUT2D eigenvalue weighted by molar-refractivity contribution is 5.80. The van der Waals surface area contributed by atoms with Crippen LogP contribution in [-0.4, -0.2) is 49.7 Å². The molecule has 24 heavy (non-hydrogen) atoms. The minimum absolute atomic E-state index is 0.283. The third-order valence-corrected chi connectivity index (χ3v) is 5.25. The van der Waals surface area contributed by atoms with Gasteiger partial charge in [0.2, 0.25) is 0 Å². The Morgan fingerprint density at radius 3 is 2.50 bits per heavy atom. The van der Waals surface area contributed by atoms with E-state index in [4.69, 9.17) is 9.73 Å². The quantitative estimate of drug-likeness (QED) is 0.643. The number of ether oxygens (including phenoxy) is 1. The zero-order chi connectivity index (χ0) is 16.8. The number of nitrogens with one attached hydrogen (secondary N) is 1. The minimum atomic E-state index is 0.283. The van der Waals surface area contributed by atoms with Crippen LogP contribution in [0, 0.1) is 0 Å². The van der Waals surface area contributed by atoms with Gasteiger partial charge in [0.15, 0.2) is 5.96 Å². The first-order chi connectivity index (χ1) is 11.8. The SMILES string of the molecule is CCNC(=NCC1(c2ccccc2)CC1)N1CCC(OCC)CC1. The van der Waals surface area contributed by atoms with E-state index in [0.717, 1.165) is 51.6 Å². The summed E-state index contributed by atoms with van der Waals surface area (Å²) in [6.07, 6.45) is 5.14. The summed E-state index contributed by atoms with van der Waals surface area (Å²) in [6.45, 7) is 8.93. The Balaban J connectivity index is 1.62. The van der Waals surface area contributed by atoms with Crippen LogP contribution in [0.2, 0.25) is 0 Å². The van der Waals surface area contributed by atoms with Crippen molar-refractivity contribution < 1.29 is 4.74 Å². The monoisotopic (exact) mass is 329 g/mol. The van der Waals surface area contributed by atoms with Crippen LogP contribution in [0.1, 0.15) is 45.1 Å². The summed E-state index contributed by atoms with van der Waals surface area (Å²) in [5.41, 5.74) is 1.73. The topological polar surface area (TPSA) is 36.9 Å². The van der Waals surface area contributed by atoms with Gasteiger partial charge in [-0.15, -0.1) is 0 Å². The molecular formula is C20H31N3O. The second-order valence-electron chi connectivity index (χ2n) is 6.96. The molecule has 0 atom stereocenters. The van der Waals surface area contributed by atoms with Crippen LogP contribution in [-0.2, 0) is 10.2 Å². The van der Waals surface area contributed by atoms with E-state index in [-0.39, 0.29) is 5.41 Å². The lowest BCUT2D eigenvalue weighted by molar-refractivity contribution is 0.0263. The lowest BCUT2D eigenvalue weighted by Crippen LogP contribution is -2.47. The molecule has 1 aliphatic heterocycles. The summed E-state index contributed by atoms with van der Waals surface area (Å²) >= 11 is 0. The Bertz CT molecular complexity index is 531. The van der Waals surface area contributed by atoms with E-state index < -0.39 is 0 Å². The lowest BCUT2D eigenvalue weighted by Gasteiger charge is -2.34. The number of aliphatic imine (C=N–C) groups is 1. The van der Waals surface area contributed by atoms with Crippen molar-refractivity contribution in [2.45, 2.75) is 51.0 Å². The van der Waals surface area contributed by atoms with Gasteiger partial charge in [-0.25, -0.2) is 0 Å². The molecule has 1 N–H and O–H groups in total. The number of hydrogen-bond donors (Lipinski definition) is 1. The highest BCUT2D eigenvalue weighted by atomic mass is 16.5. The molecule has 1 saturated carbocycles. The maximum atomic E-state index is 5.77. The third-order valence-electron chi connectivity index (χ3n) is 5.25. The molecule has 132 valence electrons. The minimum Gasteiger partial charge on any atom is -0.378 e. The van der Waals surface area contributed by atoms with Crippen LogP contribution in [0.5, 0.6) is 0 Å². The van der Waals surface area contributed by atoms with E-state index in [0.29, 0.717) is 6.10 Å². The summed E-state index contributed by atoms with van der Waals surface area (Å²) in [5.74, 6) is 1.08. The van der Waals surface area contributed by atoms with Crippen LogP contribution in [0.25, 0.3) is 0 Å². The molecule has 2 aliphatic rings. The molecule has 0 radical (unpaired) electrons. The first-order valence-corrected chi connectivity index (χ1v) is 9.48. The number of rotatable bonds is 6. The van der Waals surface area contributed by atoms with E-state index in [9.17, 15) is 0 Å². The fourth-order valence-electron chi connectivity index (χ4n) is 3.60. The molecule has 4 nitrogen and oxygen atoms in total. The Morgan fingerprint density at radius 2 is 1.92 bits per heavy atom. The van der Waals surface area contributed by atoms with Gasteiger partial charge in [-0.05, 0) is 45.1 Å². The van der Waals surface area contributed by atoms with Crippen molar-refractivity contribution in [3.63, 3.8) is 0 Å². The number of benzene rings is 1. The van der Waals surface area contributed by atoms with Gasteiger partial charge in [-0.3, -0.25) is 4.99 Å². The van der Waals surface area contributed by atoms with Gasteiger partial charge in [-0.1, -0.05) is 30.3 Å². The van der Waals surface area contributed by atoms with Gasteiger partial charge in [0.05, 0.1) is 12.6 Å². The molecule has 0 bridgehead atoms. The molecule has 2 fully saturated rings. The predicted octanol–water partition coefficient (Wildman–Crippen LogP) is 3.18. The van der Waals surface area contributed by atoms with Crippen molar-refractivity contribution in [2.75, 3.05) is 32.8 Å². The number of piperidine rings is 1. The molecule has 1 aliphatic carbocycles. The second kappa shape index (κ2) is 8.02. The van der Waals surface area contributed by atoms with Gasteiger partial charge in [0, 0.05) is 31.7 Å². The number of hydrogen-bond acceptors (Lipinski definition) is 2. The zero-order valence-electron chi connectivity index (χ0n) is 15.1. The Hall–Kier alpha value is -1.55. The molecule has 0 unspecified atom stereocenters. The maximum absolute atomic E-state index is 5.77. The van der Waals surface area contributed by atoms with Crippen LogP contribution in [0.15, 0.2) is 35.3 Å². The largest absolute Gasteiger partial charge is 0.378 e. The fourth-order valence-corrected chi connectivity index (χ4v) is 3.60. The average Bonchev–Trinajstić information content (AvgIpc) is 3.42. The summed E-state index contributed by atoms with van der Waals surface area (Å²) in [4.78, 5) is 7.41. The second-order valence-corrected chi connectivity index (χ2v) is 6.96. The maximum Gasteiger partial charge on any atom is 0.193 e. The van der Waals surface area contributed by atoms with Crippen molar-refractivity contribution in [1.82, 2.24) is 10.2 Å². The molecule has 3 rings (SSSR count). The van der Waals surface area contributed by atoms with Crippen LogP contribution >= 0.6 is 0 Å². The highest BCUT2D eigenvalue weighted by Crippen LogP contribution is 2.48. The first-order valence-electron chi connectivity index (χ1n) is 9.48. The van der Waals surface area contributed by atoms with Crippen LogP contribution in [0.3, 0.4) is 0 Å². The van der Waals surface area contributed by atoms with Gasteiger partial charge >= 0.3 is 0 Å². The average molecular weight is 329 g/mol. The molecule has 1 aromatic carbocycles. The molecule has 4 heteroatoms. The van der Waals surface area contributed by atoms with Crippen LogP contribution in [0.4, 0.5) is 0 Å². The normalized spacial score (nSPS) is 20.9. The number of guanidine groups is 1. The van der Waals surface area contributed by atoms with Crippen molar-refractivity contribution >= 4 is 5.96 Å². The summed E-state index contributed by atoms with van der Waals surface area (Å²) in [7, 11) is 0. The van der Waals surface area contributed by atoms with E-state index in [1.165, 1.54) is 18.4 Å². The zero-order valence-corrected chi connectivity index (χ0v) is 15.1. The number of nitrogens with zero attached hydrogens (tertiary/aromatic N) is 2. The van der Waals surface area contributed by atoms with Gasteiger partial charge in [-0.2, -0.15) is 0 Å². The van der Waals surface area contributed by atoms with E-state index in [2.05, 4.69) is 54.4 Å². The van der Waals surface area contributed by atoms with Crippen molar-refractivity contribution in [2.24, 2.45) is 4.99 Å². The Morgan fingerprint density at radius 1 is 1.21 bits per heavy atom. The van der Waals surface area contributed by atoms with Gasteiger partial charge in [0.25, 0.3) is 0 Å². The smallest absolute Gasteiger partial charge is 0.193 e. The van der Waals surface area contributed by atoms with E-state index in [1.807, 2.05) is 0 Å². The first kappa shape index (κ1) is 17.3. The Kier molecular flexibility index (Phi) is 5.77. The standard InChI is InChI=1S/C20H31N3O/c1-3-21-19(23-14-10-18(11-15-23)24-4-2)22-16-20(12-13-20)17-8-6-5-7-9-17/h5-9,18H,3-4,10-16H2,1-2H3,(H,21,22). The third kappa shape index (κ3) is 4.10. The van der Waals surface area contributed by atoms with E-state index in [1.54, 1.807) is 0 Å². The summed E-state index contributed by atoms with van der Waals surface area (Å²) in [6, 6.07) is 10.9. The van der Waals surface area contributed by atoms with Crippen molar-refractivity contribution in [3.05, 3.63) is 35.9 Å². The van der Waals surface area contributed by atoms with Crippen LogP contribution < -0.4 is 5.32 Å². The molecule has 0 aromatic heterocycles. The predicted molar refractivity (Wildman–Crippen MR) is 99.6 cm³/mol. The van der Waals surface area contributed by atoms with E-state index >= 15 is 0 Å². The summed E-state index contributed by atoms with van der Waals surface area (Å²) < 4.78 is 5.77. The Labute approximate surface area is 146 Å². The molecular weight excluding hydrogens is 298 g/mol. The summed E-state index contributed by atoms with van der Waals surface area (Å²) in [5, 5.41) is 3.49. The molecule has 0 amide bonds. The molecule has 1 aromatic rings. The van der Waals surface area contributed by atoms with Gasteiger partial charge in [0.1, 0.15) is 0 Å². The van der Waals surface area contributed by atoms with Gasteiger partial charge < -0.3 is 15.0 Å². The molecule has 1 saturated heterocycles. The van der Waals surface area contributed by atoms with Crippen molar-refractivity contribution in [3.8, 4) is 0 Å². The number of likely N-dealkylation sites (tertiary alicyclic amines) is 1. The highest BCUT2D eigenvalue weighted by Gasteiger charge is 2.44. The molecule has 0 spiro atoms. The lowest BCUT2D eigenvalue weighted by atomic mass is 9.96. The fraction of sp³-hybridized carbons (Fsp3) is 0.650. The molecule has 1 heterocycles.